The number of unbranched alkanes of at least 4 members (excludes halogenated alkanes) is 4. The van der Waals surface area contributed by atoms with Gasteiger partial charge in [0.05, 0.1) is 19.8 Å². The molecule has 0 atom stereocenters. The Bertz CT molecular complexity index is 294. The van der Waals surface area contributed by atoms with E-state index in [-0.39, 0.29) is 18.1 Å². The van der Waals surface area contributed by atoms with Crippen molar-refractivity contribution in [2.75, 3.05) is 32.2 Å². The summed E-state index contributed by atoms with van der Waals surface area (Å²) in [6.07, 6.45) is 7.90. The van der Waals surface area contributed by atoms with Gasteiger partial charge in [-0.1, -0.05) is 46.0 Å². The molecule has 0 bridgehead atoms. The molecule has 0 radical (unpaired) electrons. The van der Waals surface area contributed by atoms with Crippen molar-refractivity contribution in [3.8, 4) is 0 Å². The third-order valence-electron chi connectivity index (χ3n) is 4.12. The van der Waals surface area contributed by atoms with Crippen molar-refractivity contribution in [3.63, 3.8) is 0 Å². The molecule has 0 N–H and O–H groups in total. The first-order valence-electron chi connectivity index (χ1n) is 8.78. The highest BCUT2D eigenvalue weighted by Crippen LogP contribution is 2.18. The highest BCUT2D eigenvalue weighted by atomic mass is 35.5. The van der Waals surface area contributed by atoms with Gasteiger partial charge >= 0.3 is 0 Å². The van der Waals surface area contributed by atoms with Crippen molar-refractivity contribution < 1.29 is 14.3 Å². The van der Waals surface area contributed by atoms with E-state index in [4.69, 9.17) is 21.1 Å². The van der Waals surface area contributed by atoms with Crippen LogP contribution in [0.1, 0.15) is 58.8 Å². The second-order valence-electron chi connectivity index (χ2n) is 6.14. The van der Waals surface area contributed by atoms with Gasteiger partial charge < -0.3 is 14.4 Å². The first-order chi connectivity index (χ1) is 10.7. The summed E-state index contributed by atoms with van der Waals surface area (Å²) in [5, 5.41) is 0. The average molecular weight is 334 g/mol. The van der Waals surface area contributed by atoms with E-state index < -0.39 is 0 Å². The van der Waals surface area contributed by atoms with Crippen molar-refractivity contribution in [1.29, 1.82) is 0 Å². The third kappa shape index (κ3) is 7.80. The van der Waals surface area contributed by atoms with Crippen LogP contribution in [0.25, 0.3) is 0 Å². The second-order valence-corrected chi connectivity index (χ2v) is 6.41. The summed E-state index contributed by atoms with van der Waals surface area (Å²) in [6.45, 7) is 7.09. The molecule has 130 valence electrons. The molecule has 1 aliphatic heterocycles. The molecule has 0 unspecified atom stereocenters. The van der Waals surface area contributed by atoms with Crippen LogP contribution in [0.4, 0.5) is 0 Å². The SMILES string of the molecule is CCCCCC1COC(CN(CCCCC)C(=O)CCl)OC1. The topological polar surface area (TPSA) is 38.8 Å². The van der Waals surface area contributed by atoms with Gasteiger partial charge in [-0.25, -0.2) is 0 Å². The zero-order valence-electron chi connectivity index (χ0n) is 14.2. The molecule has 1 fully saturated rings. The summed E-state index contributed by atoms with van der Waals surface area (Å²) >= 11 is 5.70. The number of alkyl halides is 1. The molecule has 0 aromatic carbocycles. The van der Waals surface area contributed by atoms with Crippen LogP contribution in [-0.4, -0.2) is 49.3 Å². The monoisotopic (exact) mass is 333 g/mol. The van der Waals surface area contributed by atoms with E-state index in [1.54, 1.807) is 4.90 Å². The lowest BCUT2D eigenvalue weighted by molar-refractivity contribution is -0.208. The molecule has 1 amide bonds. The normalized spacial score (nSPS) is 21.8. The molecule has 5 heteroatoms. The van der Waals surface area contributed by atoms with Gasteiger partial charge in [-0.3, -0.25) is 4.79 Å². The van der Waals surface area contributed by atoms with E-state index in [0.717, 1.165) is 39.0 Å². The Kier molecular flexibility index (Phi) is 10.9. The third-order valence-corrected chi connectivity index (χ3v) is 4.35. The van der Waals surface area contributed by atoms with Crippen LogP contribution in [0.3, 0.4) is 0 Å². The molecule has 1 heterocycles. The molecular weight excluding hydrogens is 302 g/mol. The van der Waals surface area contributed by atoms with Crippen LogP contribution >= 0.6 is 11.6 Å². The number of ether oxygens (including phenoxy) is 2. The number of rotatable bonds is 11. The van der Waals surface area contributed by atoms with E-state index in [1.165, 1.54) is 25.7 Å². The van der Waals surface area contributed by atoms with Gasteiger partial charge in [-0.2, -0.15) is 0 Å². The number of hydrogen-bond acceptors (Lipinski definition) is 3. The molecule has 0 aromatic heterocycles. The van der Waals surface area contributed by atoms with Crippen LogP contribution in [0, 0.1) is 5.92 Å². The zero-order chi connectivity index (χ0) is 16.2. The Hall–Kier alpha value is -0.320. The van der Waals surface area contributed by atoms with Gasteiger partial charge in [0.15, 0.2) is 6.29 Å². The molecule has 22 heavy (non-hydrogen) atoms. The highest BCUT2D eigenvalue weighted by Gasteiger charge is 2.25. The standard InChI is InChI=1S/C17H32ClNO3/c1-3-5-7-9-15-13-21-17(22-14-15)12-19(16(20)11-18)10-8-6-4-2/h15,17H,3-14H2,1-2H3. The molecular formula is C17H32ClNO3. The maximum atomic E-state index is 11.9. The molecule has 0 aromatic rings. The van der Waals surface area contributed by atoms with E-state index >= 15 is 0 Å². The molecule has 1 rings (SSSR count). The van der Waals surface area contributed by atoms with E-state index in [9.17, 15) is 4.79 Å². The van der Waals surface area contributed by atoms with Crippen LogP contribution in [0.5, 0.6) is 0 Å². The summed E-state index contributed by atoms with van der Waals surface area (Å²) in [4.78, 5) is 13.7. The number of amides is 1. The maximum Gasteiger partial charge on any atom is 0.237 e. The van der Waals surface area contributed by atoms with Gasteiger partial charge in [0, 0.05) is 12.5 Å². The predicted molar refractivity (Wildman–Crippen MR) is 90.1 cm³/mol. The van der Waals surface area contributed by atoms with Crippen molar-refractivity contribution in [3.05, 3.63) is 0 Å². The highest BCUT2D eigenvalue weighted by molar-refractivity contribution is 6.27. The minimum Gasteiger partial charge on any atom is -0.350 e. The van der Waals surface area contributed by atoms with Gasteiger partial charge in [0.1, 0.15) is 5.88 Å². The molecule has 1 aliphatic rings. The Balaban J connectivity index is 2.29. The average Bonchev–Trinajstić information content (AvgIpc) is 2.55. The quantitative estimate of drug-likeness (QED) is 0.426. The fourth-order valence-electron chi connectivity index (χ4n) is 2.67. The van der Waals surface area contributed by atoms with Crippen molar-refractivity contribution in [2.24, 2.45) is 5.92 Å². The number of carbonyl (C=O) groups is 1. The minimum atomic E-state index is -0.295. The summed E-state index contributed by atoms with van der Waals surface area (Å²) in [5.74, 6) is 0.494. The fraction of sp³-hybridized carbons (Fsp3) is 0.941. The maximum absolute atomic E-state index is 11.9. The molecule has 0 aliphatic carbocycles. The Morgan fingerprint density at radius 3 is 2.32 bits per heavy atom. The van der Waals surface area contributed by atoms with Crippen molar-refractivity contribution >= 4 is 17.5 Å². The Morgan fingerprint density at radius 1 is 1.09 bits per heavy atom. The van der Waals surface area contributed by atoms with Crippen LogP contribution < -0.4 is 0 Å². The van der Waals surface area contributed by atoms with Crippen LogP contribution in [0.2, 0.25) is 0 Å². The molecule has 0 spiro atoms. The van der Waals surface area contributed by atoms with Gasteiger partial charge in [-0.05, 0) is 12.8 Å². The summed E-state index contributed by atoms with van der Waals surface area (Å²) in [7, 11) is 0. The predicted octanol–water partition coefficient (Wildman–Crippen LogP) is 3.81. The van der Waals surface area contributed by atoms with Gasteiger partial charge in [0.2, 0.25) is 5.91 Å². The smallest absolute Gasteiger partial charge is 0.237 e. The van der Waals surface area contributed by atoms with E-state index in [0.29, 0.717) is 12.5 Å². The van der Waals surface area contributed by atoms with Crippen LogP contribution in [0.15, 0.2) is 0 Å². The Labute approximate surface area is 140 Å². The number of hydrogen-bond donors (Lipinski definition) is 0. The largest absolute Gasteiger partial charge is 0.350 e. The number of nitrogens with zero attached hydrogens (tertiary/aromatic N) is 1. The lowest BCUT2D eigenvalue weighted by Crippen LogP contribution is -2.44. The lowest BCUT2D eigenvalue weighted by Gasteiger charge is -2.33. The molecule has 1 saturated heterocycles. The number of carbonyl (C=O) groups excluding carboxylic acids is 1. The second kappa shape index (κ2) is 12.1. The fourth-order valence-corrected chi connectivity index (χ4v) is 2.84. The van der Waals surface area contributed by atoms with E-state index in [2.05, 4.69) is 13.8 Å². The minimum absolute atomic E-state index is 0.0263. The lowest BCUT2D eigenvalue weighted by atomic mass is 10.0. The zero-order valence-corrected chi connectivity index (χ0v) is 14.9. The van der Waals surface area contributed by atoms with Crippen molar-refractivity contribution in [2.45, 2.75) is 65.1 Å². The summed E-state index contributed by atoms with van der Waals surface area (Å²) < 4.78 is 11.6. The van der Waals surface area contributed by atoms with Gasteiger partial charge in [0.25, 0.3) is 0 Å². The van der Waals surface area contributed by atoms with E-state index in [1.807, 2.05) is 0 Å². The molecule has 0 saturated carbocycles. The summed E-state index contributed by atoms with van der Waals surface area (Å²) in [6, 6.07) is 0. The van der Waals surface area contributed by atoms with Crippen LogP contribution in [-0.2, 0) is 14.3 Å². The first kappa shape index (κ1) is 19.7. The number of halogens is 1. The molecule has 4 nitrogen and oxygen atoms in total. The first-order valence-corrected chi connectivity index (χ1v) is 9.31. The van der Waals surface area contributed by atoms with Gasteiger partial charge in [-0.15, -0.1) is 11.6 Å². The Morgan fingerprint density at radius 2 is 1.73 bits per heavy atom. The van der Waals surface area contributed by atoms with Crippen molar-refractivity contribution in [1.82, 2.24) is 4.90 Å². The summed E-state index contributed by atoms with van der Waals surface area (Å²) in [5.41, 5.74) is 0.